The SMILES string of the molecule is CN1CCN(C(CN)c2cc(Cl)ccc2Cl)CC1(C)C. The number of halogens is 2. The van der Waals surface area contributed by atoms with Gasteiger partial charge in [0.2, 0.25) is 0 Å². The Morgan fingerprint density at radius 3 is 2.60 bits per heavy atom. The summed E-state index contributed by atoms with van der Waals surface area (Å²) >= 11 is 12.4. The van der Waals surface area contributed by atoms with E-state index in [2.05, 4.69) is 30.7 Å². The zero-order valence-corrected chi connectivity index (χ0v) is 13.9. The normalized spacial score (nSPS) is 21.9. The smallest absolute Gasteiger partial charge is 0.0487 e. The lowest BCUT2D eigenvalue weighted by atomic mass is 9.96. The number of likely N-dealkylation sites (N-methyl/N-ethyl adjacent to an activating group) is 1. The summed E-state index contributed by atoms with van der Waals surface area (Å²) < 4.78 is 0. The van der Waals surface area contributed by atoms with E-state index in [0.717, 1.165) is 30.2 Å². The molecule has 5 heteroatoms. The van der Waals surface area contributed by atoms with Gasteiger partial charge in [-0.05, 0) is 44.7 Å². The third kappa shape index (κ3) is 3.29. The van der Waals surface area contributed by atoms with Gasteiger partial charge in [0, 0.05) is 47.8 Å². The zero-order chi connectivity index (χ0) is 14.9. The molecule has 1 saturated heterocycles. The molecule has 0 aliphatic carbocycles. The fourth-order valence-electron chi connectivity index (χ4n) is 2.79. The summed E-state index contributed by atoms with van der Waals surface area (Å²) in [6.07, 6.45) is 0. The highest BCUT2D eigenvalue weighted by molar-refractivity contribution is 6.33. The van der Waals surface area contributed by atoms with Crippen molar-refractivity contribution in [2.24, 2.45) is 5.73 Å². The van der Waals surface area contributed by atoms with Crippen LogP contribution in [0.4, 0.5) is 0 Å². The number of piperazine rings is 1. The quantitative estimate of drug-likeness (QED) is 0.930. The summed E-state index contributed by atoms with van der Waals surface area (Å²) in [7, 11) is 2.17. The van der Waals surface area contributed by atoms with E-state index < -0.39 is 0 Å². The number of hydrogen-bond donors (Lipinski definition) is 1. The number of nitrogens with two attached hydrogens (primary N) is 1. The fourth-order valence-corrected chi connectivity index (χ4v) is 3.21. The predicted molar refractivity (Wildman–Crippen MR) is 86.5 cm³/mol. The Morgan fingerprint density at radius 2 is 2.00 bits per heavy atom. The largest absolute Gasteiger partial charge is 0.329 e. The van der Waals surface area contributed by atoms with Crippen molar-refractivity contribution in [1.82, 2.24) is 9.80 Å². The molecular weight excluding hydrogens is 293 g/mol. The van der Waals surface area contributed by atoms with Gasteiger partial charge in [-0.2, -0.15) is 0 Å². The predicted octanol–water partition coefficient (Wildman–Crippen LogP) is 3.02. The second-order valence-electron chi connectivity index (χ2n) is 6.12. The first-order valence-corrected chi connectivity index (χ1v) is 7.71. The molecule has 0 aromatic heterocycles. The number of nitrogens with zero attached hydrogens (tertiary/aromatic N) is 2. The molecule has 2 rings (SSSR count). The van der Waals surface area contributed by atoms with Crippen molar-refractivity contribution in [3.8, 4) is 0 Å². The molecule has 0 radical (unpaired) electrons. The third-order valence-electron chi connectivity index (χ3n) is 4.33. The van der Waals surface area contributed by atoms with Gasteiger partial charge in [0.15, 0.2) is 0 Å². The van der Waals surface area contributed by atoms with Crippen LogP contribution in [-0.2, 0) is 0 Å². The molecule has 1 aromatic carbocycles. The lowest BCUT2D eigenvalue weighted by molar-refractivity contribution is 0.0180. The summed E-state index contributed by atoms with van der Waals surface area (Å²) in [6.45, 7) is 8.04. The Labute approximate surface area is 131 Å². The maximum absolute atomic E-state index is 6.34. The van der Waals surface area contributed by atoms with Crippen molar-refractivity contribution in [3.63, 3.8) is 0 Å². The van der Waals surface area contributed by atoms with Gasteiger partial charge < -0.3 is 5.73 Å². The summed E-state index contributed by atoms with van der Waals surface area (Å²) in [6, 6.07) is 5.72. The van der Waals surface area contributed by atoms with E-state index in [9.17, 15) is 0 Å². The van der Waals surface area contributed by atoms with E-state index in [-0.39, 0.29) is 11.6 Å². The van der Waals surface area contributed by atoms with Crippen LogP contribution < -0.4 is 5.73 Å². The molecule has 1 heterocycles. The zero-order valence-electron chi connectivity index (χ0n) is 12.4. The molecule has 0 amide bonds. The maximum atomic E-state index is 6.34. The highest BCUT2D eigenvalue weighted by atomic mass is 35.5. The minimum absolute atomic E-state index is 0.120. The van der Waals surface area contributed by atoms with Crippen LogP contribution in [0.1, 0.15) is 25.5 Å². The van der Waals surface area contributed by atoms with E-state index in [1.807, 2.05) is 18.2 Å². The van der Waals surface area contributed by atoms with Crippen molar-refractivity contribution < 1.29 is 0 Å². The standard InChI is InChI=1S/C15H23Cl2N3/c1-15(2)10-20(7-6-19(15)3)14(9-18)12-8-11(16)4-5-13(12)17/h4-5,8,14H,6-7,9-10,18H2,1-3H3. The first-order chi connectivity index (χ1) is 9.35. The van der Waals surface area contributed by atoms with E-state index >= 15 is 0 Å². The van der Waals surface area contributed by atoms with Crippen LogP contribution in [0.15, 0.2) is 18.2 Å². The van der Waals surface area contributed by atoms with E-state index in [4.69, 9.17) is 28.9 Å². The molecule has 1 aliphatic rings. The molecule has 112 valence electrons. The van der Waals surface area contributed by atoms with Gasteiger partial charge in [0.05, 0.1) is 0 Å². The molecule has 2 N–H and O–H groups in total. The third-order valence-corrected chi connectivity index (χ3v) is 4.91. The molecule has 1 atom stereocenters. The molecule has 20 heavy (non-hydrogen) atoms. The van der Waals surface area contributed by atoms with Gasteiger partial charge in [0.1, 0.15) is 0 Å². The van der Waals surface area contributed by atoms with Crippen molar-refractivity contribution in [2.45, 2.75) is 25.4 Å². The van der Waals surface area contributed by atoms with E-state index in [0.29, 0.717) is 11.6 Å². The number of benzene rings is 1. The summed E-state index contributed by atoms with van der Waals surface area (Å²) in [5, 5.41) is 1.44. The van der Waals surface area contributed by atoms with Gasteiger partial charge in [-0.3, -0.25) is 9.80 Å². The van der Waals surface area contributed by atoms with Gasteiger partial charge in [-0.25, -0.2) is 0 Å². The lowest BCUT2D eigenvalue weighted by Crippen LogP contribution is -2.58. The molecular formula is C15H23Cl2N3. The second-order valence-corrected chi connectivity index (χ2v) is 6.97. The summed E-state index contributed by atoms with van der Waals surface area (Å²) in [5.74, 6) is 0. The van der Waals surface area contributed by atoms with Crippen LogP contribution in [0.3, 0.4) is 0 Å². The first kappa shape index (κ1) is 16.1. The fraction of sp³-hybridized carbons (Fsp3) is 0.600. The van der Waals surface area contributed by atoms with E-state index in [1.165, 1.54) is 0 Å². The van der Waals surface area contributed by atoms with Crippen molar-refractivity contribution in [2.75, 3.05) is 33.2 Å². The average Bonchev–Trinajstić information content (AvgIpc) is 2.38. The number of rotatable bonds is 3. The van der Waals surface area contributed by atoms with Crippen LogP contribution in [-0.4, -0.2) is 48.6 Å². The Kier molecular flexibility index (Phi) is 4.98. The van der Waals surface area contributed by atoms with Crippen molar-refractivity contribution >= 4 is 23.2 Å². The van der Waals surface area contributed by atoms with Crippen molar-refractivity contribution in [3.05, 3.63) is 33.8 Å². The Bertz CT molecular complexity index is 476. The Morgan fingerprint density at radius 1 is 1.30 bits per heavy atom. The molecule has 1 aromatic rings. The van der Waals surface area contributed by atoms with Crippen LogP contribution in [0.25, 0.3) is 0 Å². The molecule has 0 bridgehead atoms. The van der Waals surface area contributed by atoms with Gasteiger partial charge in [0.25, 0.3) is 0 Å². The highest BCUT2D eigenvalue weighted by Gasteiger charge is 2.34. The van der Waals surface area contributed by atoms with Crippen molar-refractivity contribution in [1.29, 1.82) is 0 Å². The molecule has 1 aliphatic heterocycles. The van der Waals surface area contributed by atoms with Crippen LogP contribution in [0.2, 0.25) is 10.0 Å². The maximum Gasteiger partial charge on any atom is 0.0487 e. The van der Waals surface area contributed by atoms with Crippen LogP contribution in [0, 0.1) is 0 Å². The molecule has 0 saturated carbocycles. The topological polar surface area (TPSA) is 32.5 Å². The monoisotopic (exact) mass is 315 g/mol. The van der Waals surface area contributed by atoms with E-state index in [1.54, 1.807) is 0 Å². The average molecular weight is 316 g/mol. The second kappa shape index (κ2) is 6.20. The molecule has 3 nitrogen and oxygen atoms in total. The van der Waals surface area contributed by atoms with Gasteiger partial charge in [-0.1, -0.05) is 23.2 Å². The molecule has 0 spiro atoms. The highest BCUT2D eigenvalue weighted by Crippen LogP contribution is 2.32. The lowest BCUT2D eigenvalue weighted by Gasteiger charge is -2.48. The summed E-state index contributed by atoms with van der Waals surface area (Å²) in [4.78, 5) is 4.80. The Hall–Kier alpha value is -0.320. The first-order valence-electron chi connectivity index (χ1n) is 6.95. The molecule has 1 unspecified atom stereocenters. The van der Waals surface area contributed by atoms with Gasteiger partial charge >= 0.3 is 0 Å². The van der Waals surface area contributed by atoms with Gasteiger partial charge in [-0.15, -0.1) is 0 Å². The summed E-state index contributed by atoms with van der Waals surface area (Å²) in [5.41, 5.74) is 7.19. The number of hydrogen-bond acceptors (Lipinski definition) is 3. The molecule has 1 fully saturated rings. The minimum Gasteiger partial charge on any atom is -0.329 e. The Balaban J connectivity index is 2.26. The minimum atomic E-state index is 0.120. The van der Waals surface area contributed by atoms with Crippen LogP contribution >= 0.6 is 23.2 Å². The van der Waals surface area contributed by atoms with Crippen LogP contribution in [0.5, 0.6) is 0 Å².